The number of amides is 1. The minimum absolute atomic E-state index is 0.175. The molecule has 0 spiro atoms. The molecule has 1 N–H and O–H groups in total. The largest absolute Gasteiger partial charge is 0.464 e. The number of piperidine rings is 1. The Hall–Kier alpha value is -1.33. The fraction of sp³-hybridized carbons (Fsp3) is 0.762. The summed E-state index contributed by atoms with van der Waals surface area (Å²) in [6.45, 7) is 9.04. The van der Waals surface area contributed by atoms with Gasteiger partial charge in [0.05, 0.1) is 13.1 Å². The molecular formula is C21H33N3O2. The summed E-state index contributed by atoms with van der Waals surface area (Å²) in [6.07, 6.45) is 5.80. The molecule has 4 rings (SSSR count). The van der Waals surface area contributed by atoms with Crippen LogP contribution >= 0.6 is 0 Å². The zero-order chi connectivity index (χ0) is 18.1. The summed E-state index contributed by atoms with van der Waals surface area (Å²) >= 11 is 0. The number of hydrogen-bond acceptors (Lipinski definition) is 4. The van der Waals surface area contributed by atoms with Crippen LogP contribution < -0.4 is 5.32 Å². The summed E-state index contributed by atoms with van der Waals surface area (Å²) in [4.78, 5) is 17.3. The fourth-order valence-corrected chi connectivity index (χ4v) is 4.20. The Labute approximate surface area is 157 Å². The Morgan fingerprint density at radius 3 is 2.62 bits per heavy atom. The van der Waals surface area contributed by atoms with Crippen molar-refractivity contribution in [2.24, 2.45) is 5.92 Å². The monoisotopic (exact) mass is 359 g/mol. The third-order valence-electron chi connectivity index (χ3n) is 6.33. The number of likely N-dealkylation sites (tertiary alicyclic amines) is 1. The highest BCUT2D eigenvalue weighted by Gasteiger charge is 2.37. The molecule has 3 aliphatic rings. The van der Waals surface area contributed by atoms with Gasteiger partial charge in [-0.2, -0.15) is 0 Å². The molecule has 2 aliphatic carbocycles. The van der Waals surface area contributed by atoms with Gasteiger partial charge in [-0.15, -0.1) is 0 Å². The molecule has 3 fully saturated rings. The van der Waals surface area contributed by atoms with E-state index in [-0.39, 0.29) is 5.91 Å². The minimum Gasteiger partial charge on any atom is -0.464 e. The third kappa shape index (κ3) is 4.49. The van der Waals surface area contributed by atoms with Crippen molar-refractivity contribution in [3.8, 4) is 0 Å². The second-order valence-electron chi connectivity index (χ2n) is 8.54. The number of furan rings is 1. The van der Waals surface area contributed by atoms with E-state index < -0.39 is 0 Å². The van der Waals surface area contributed by atoms with Crippen molar-refractivity contribution in [3.63, 3.8) is 0 Å². The van der Waals surface area contributed by atoms with Gasteiger partial charge in [-0.05, 0) is 56.7 Å². The molecule has 0 bridgehead atoms. The highest BCUT2D eigenvalue weighted by atomic mass is 16.3. The lowest BCUT2D eigenvalue weighted by Gasteiger charge is -2.32. The van der Waals surface area contributed by atoms with Crippen molar-refractivity contribution in [3.05, 3.63) is 23.7 Å². The molecule has 144 valence electrons. The van der Waals surface area contributed by atoms with Crippen molar-refractivity contribution in [2.75, 3.05) is 26.2 Å². The fourth-order valence-electron chi connectivity index (χ4n) is 4.20. The first-order chi connectivity index (χ1) is 12.6. The summed E-state index contributed by atoms with van der Waals surface area (Å²) < 4.78 is 6.06. The summed E-state index contributed by atoms with van der Waals surface area (Å²) in [5.41, 5.74) is 0. The Bertz CT molecular complexity index is 617. The van der Waals surface area contributed by atoms with Gasteiger partial charge in [0.15, 0.2) is 0 Å². The van der Waals surface area contributed by atoms with Gasteiger partial charge in [-0.1, -0.05) is 13.8 Å². The van der Waals surface area contributed by atoms with Gasteiger partial charge in [0.2, 0.25) is 5.91 Å². The molecule has 2 unspecified atom stereocenters. The van der Waals surface area contributed by atoms with Gasteiger partial charge in [-0.3, -0.25) is 9.69 Å². The van der Waals surface area contributed by atoms with Crippen LogP contribution in [-0.4, -0.2) is 54.0 Å². The molecule has 5 heteroatoms. The van der Waals surface area contributed by atoms with E-state index in [1.807, 2.05) is 0 Å². The van der Waals surface area contributed by atoms with Crippen molar-refractivity contribution >= 4 is 5.91 Å². The smallest absolute Gasteiger partial charge is 0.234 e. The Morgan fingerprint density at radius 1 is 1.27 bits per heavy atom. The highest BCUT2D eigenvalue weighted by Crippen LogP contribution is 2.47. The number of carbonyl (C=O) groups is 1. The van der Waals surface area contributed by atoms with Crippen LogP contribution in [0.3, 0.4) is 0 Å². The van der Waals surface area contributed by atoms with Crippen LogP contribution in [0.2, 0.25) is 0 Å². The average Bonchev–Trinajstić information content (AvgIpc) is 3.55. The van der Waals surface area contributed by atoms with Crippen LogP contribution in [0.15, 0.2) is 16.5 Å². The van der Waals surface area contributed by atoms with Gasteiger partial charge in [0.1, 0.15) is 11.5 Å². The van der Waals surface area contributed by atoms with Crippen LogP contribution in [0.5, 0.6) is 0 Å². The molecule has 0 aromatic carbocycles. The van der Waals surface area contributed by atoms with Crippen molar-refractivity contribution < 1.29 is 9.21 Å². The van der Waals surface area contributed by atoms with E-state index in [9.17, 15) is 4.79 Å². The van der Waals surface area contributed by atoms with E-state index in [4.69, 9.17) is 4.42 Å². The number of nitrogens with one attached hydrogen (secondary N) is 1. The molecule has 2 atom stereocenters. The first kappa shape index (κ1) is 18.1. The van der Waals surface area contributed by atoms with E-state index in [0.717, 1.165) is 56.5 Å². The number of nitrogens with zero attached hydrogens (tertiary/aromatic N) is 2. The number of carbonyl (C=O) groups excluding carboxylic acids is 1. The standard InChI is InChI=1S/C21H33N3O2/c1-3-23-10-8-16(9-11-23)22-21(25)14-24(17-4-5-17)13-18-6-7-20(26-18)19-12-15(19)2/h6-7,15-17,19H,3-5,8-14H2,1-2H3,(H,22,25). The first-order valence-corrected chi connectivity index (χ1v) is 10.5. The lowest BCUT2D eigenvalue weighted by Crippen LogP contribution is -2.47. The molecule has 0 radical (unpaired) electrons. The maximum absolute atomic E-state index is 12.6. The zero-order valence-electron chi connectivity index (χ0n) is 16.2. The van der Waals surface area contributed by atoms with E-state index in [1.54, 1.807) is 0 Å². The highest BCUT2D eigenvalue weighted by molar-refractivity contribution is 5.78. The number of rotatable bonds is 8. The van der Waals surface area contributed by atoms with Gasteiger partial charge >= 0.3 is 0 Å². The Balaban J connectivity index is 1.27. The molecule has 2 heterocycles. The molecule has 1 aromatic rings. The molecule has 1 amide bonds. The molecule has 5 nitrogen and oxygen atoms in total. The first-order valence-electron chi connectivity index (χ1n) is 10.5. The SMILES string of the molecule is CCN1CCC(NC(=O)CN(Cc2ccc(C3CC3C)o2)C2CC2)CC1. The molecule has 1 aromatic heterocycles. The molecule has 1 aliphatic heterocycles. The van der Waals surface area contributed by atoms with E-state index in [2.05, 4.69) is 41.1 Å². The Morgan fingerprint density at radius 2 is 2.00 bits per heavy atom. The number of hydrogen-bond donors (Lipinski definition) is 1. The van der Waals surface area contributed by atoms with E-state index in [1.165, 1.54) is 19.3 Å². The summed E-state index contributed by atoms with van der Waals surface area (Å²) in [5, 5.41) is 3.26. The second-order valence-corrected chi connectivity index (χ2v) is 8.54. The predicted molar refractivity (Wildman–Crippen MR) is 102 cm³/mol. The van der Waals surface area contributed by atoms with Crippen LogP contribution in [0.25, 0.3) is 0 Å². The molecule has 2 saturated carbocycles. The van der Waals surface area contributed by atoms with Gasteiger partial charge in [-0.25, -0.2) is 0 Å². The quantitative estimate of drug-likeness (QED) is 0.775. The average molecular weight is 360 g/mol. The summed E-state index contributed by atoms with van der Waals surface area (Å²) in [5.74, 6) is 3.70. The summed E-state index contributed by atoms with van der Waals surface area (Å²) in [7, 11) is 0. The predicted octanol–water partition coefficient (Wildman–Crippen LogP) is 2.97. The van der Waals surface area contributed by atoms with Crippen LogP contribution in [0, 0.1) is 5.92 Å². The second kappa shape index (κ2) is 7.73. The van der Waals surface area contributed by atoms with E-state index in [0.29, 0.717) is 24.5 Å². The van der Waals surface area contributed by atoms with Gasteiger partial charge in [0.25, 0.3) is 0 Å². The molecule has 1 saturated heterocycles. The normalized spacial score (nSPS) is 27.0. The van der Waals surface area contributed by atoms with Gasteiger partial charge in [0, 0.05) is 31.1 Å². The lowest BCUT2D eigenvalue weighted by atomic mass is 10.1. The maximum Gasteiger partial charge on any atom is 0.234 e. The maximum atomic E-state index is 12.6. The van der Waals surface area contributed by atoms with Crippen LogP contribution in [0.4, 0.5) is 0 Å². The van der Waals surface area contributed by atoms with Gasteiger partial charge < -0.3 is 14.6 Å². The van der Waals surface area contributed by atoms with Crippen molar-refractivity contribution in [2.45, 2.75) is 70.5 Å². The lowest BCUT2D eigenvalue weighted by molar-refractivity contribution is -0.123. The van der Waals surface area contributed by atoms with Crippen molar-refractivity contribution in [1.29, 1.82) is 0 Å². The van der Waals surface area contributed by atoms with Crippen LogP contribution in [-0.2, 0) is 11.3 Å². The minimum atomic E-state index is 0.175. The third-order valence-corrected chi connectivity index (χ3v) is 6.33. The molecule has 26 heavy (non-hydrogen) atoms. The summed E-state index contributed by atoms with van der Waals surface area (Å²) in [6, 6.07) is 5.14. The Kier molecular flexibility index (Phi) is 5.37. The van der Waals surface area contributed by atoms with Crippen LogP contribution in [0.1, 0.15) is 63.4 Å². The molecular weight excluding hydrogens is 326 g/mol. The van der Waals surface area contributed by atoms with E-state index >= 15 is 0 Å². The topological polar surface area (TPSA) is 48.7 Å². The zero-order valence-corrected chi connectivity index (χ0v) is 16.2. The van der Waals surface area contributed by atoms with Crippen molar-refractivity contribution in [1.82, 2.24) is 15.1 Å².